The van der Waals surface area contributed by atoms with Crippen molar-refractivity contribution in [2.24, 2.45) is 0 Å². The van der Waals surface area contributed by atoms with Crippen LogP contribution in [-0.2, 0) is 16.6 Å². The third-order valence-corrected chi connectivity index (χ3v) is 6.79. The summed E-state index contributed by atoms with van der Waals surface area (Å²) >= 11 is 7.41. The van der Waals surface area contributed by atoms with E-state index >= 15 is 0 Å². The van der Waals surface area contributed by atoms with Gasteiger partial charge in [-0.2, -0.15) is 0 Å². The summed E-state index contributed by atoms with van der Waals surface area (Å²) in [6.07, 6.45) is 0. The third-order valence-electron chi connectivity index (χ3n) is 4.09. The Labute approximate surface area is 174 Å². The fourth-order valence-corrected chi connectivity index (χ4v) is 4.76. The molecule has 0 atom stereocenters. The molecule has 3 rings (SSSR count). The van der Waals surface area contributed by atoms with E-state index in [4.69, 9.17) is 11.6 Å². The molecule has 28 heavy (non-hydrogen) atoms. The van der Waals surface area contributed by atoms with Crippen molar-refractivity contribution in [1.82, 2.24) is 19.5 Å². The highest BCUT2D eigenvalue weighted by molar-refractivity contribution is 7.99. The number of benzene rings is 2. The normalized spacial score (nSPS) is 11.7. The lowest BCUT2D eigenvalue weighted by atomic mass is 10.2. The van der Waals surface area contributed by atoms with E-state index in [0.29, 0.717) is 23.9 Å². The Morgan fingerprint density at radius 1 is 1.07 bits per heavy atom. The molecule has 0 saturated carbocycles. The molecule has 0 aliphatic carbocycles. The van der Waals surface area contributed by atoms with Crippen LogP contribution in [0.15, 0.2) is 58.6 Å². The number of rotatable bonds is 8. The zero-order valence-electron chi connectivity index (χ0n) is 15.6. The van der Waals surface area contributed by atoms with Crippen LogP contribution in [0.3, 0.4) is 0 Å². The minimum absolute atomic E-state index is 0.268. The molecular formula is C19H21ClN4O2S2. The molecule has 9 heteroatoms. The lowest BCUT2D eigenvalue weighted by Gasteiger charge is -2.09. The molecule has 0 amide bonds. The van der Waals surface area contributed by atoms with Gasteiger partial charge < -0.3 is 4.57 Å². The number of nitrogens with zero attached hydrogens (tertiary/aromatic N) is 3. The lowest BCUT2D eigenvalue weighted by Crippen LogP contribution is -2.26. The second-order valence-corrected chi connectivity index (χ2v) is 9.38. The molecule has 0 unspecified atom stereocenters. The second kappa shape index (κ2) is 9.09. The molecule has 0 saturated heterocycles. The SMILES string of the molecule is CCn1c(SCCNS(=O)(=O)c2ccc(C)cc2)nnc1-c1ccc(Cl)cc1. The molecule has 0 aliphatic heterocycles. The Morgan fingerprint density at radius 3 is 2.39 bits per heavy atom. The van der Waals surface area contributed by atoms with E-state index in [9.17, 15) is 8.42 Å². The summed E-state index contributed by atoms with van der Waals surface area (Å²) in [5.74, 6) is 1.31. The van der Waals surface area contributed by atoms with Crippen LogP contribution >= 0.6 is 23.4 Å². The predicted molar refractivity (Wildman–Crippen MR) is 113 cm³/mol. The van der Waals surface area contributed by atoms with Crippen molar-refractivity contribution in [2.45, 2.75) is 30.4 Å². The topological polar surface area (TPSA) is 76.9 Å². The molecule has 0 fully saturated rings. The minimum atomic E-state index is -3.51. The van der Waals surface area contributed by atoms with Crippen molar-refractivity contribution in [3.8, 4) is 11.4 Å². The highest BCUT2D eigenvalue weighted by Crippen LogP contribution is 2.25. The van der Waals surface area contributed by atoms with Crippen molar-refractivity contribution < 1.29 is 8.42 Å². The maximum Gasteiger partial charge on any atom is 0.240 e. The largest absolute Gasteiger partial charge is 0.302 e. The Hall–Kier alpha value is -1.87. The molecule has 1 heterocycles. The molecule has 0 radical (unpaired) electrons. The van der Waals surface area contributed by atoms with Gasteiger partial charge in [-0.1, -0.05) is 41.1 Å². The first-order valence-electron chi connectivity index (χ1n) is 8.79. The van der Waals surface area contributed by atoms with Crippen LogP contribution in [0.5, 0.6) is 0 Å². The standard InChI is InChI=1S/C19H21ClN4O2S2/c1-3-24-18(15-6-8-16(20)9-7-15)22-23-19(24)27-13-12-21-28(25,26)17-10-4-14(2)5-11-17/h4-11,21H,3,12-13H2,1-2H3. The first-order chi connectivity index (χ1) is 13.4. The summed E-state index contributed by atoms with van der Waals surface area (Å²) in [6.45, 7) is 4.95. The fraction of sp³-hybridized carbons (Fsp3) is 0.263. The monoisotopic (exact) mass is 436 g/mol. The van der Waals surface area contributed by atoms with E-state index in [1.165, 1.54) is 11.8 Å². The van der Waals surface area contributed by atoms with E-state index in [1.54, 1.807) is 24.3 Å². The van der Waals surface area contributed by atoms with Gasteiger partial charge in [0, 0.05) is 29.4 Å². The van der Waals surface area contributed by atoms with Crippen molar-refractivity contribution in [3.05, 3.63) is 59.1 Å². The lowest BCUT2D eigenvalue weighted by molar-refractivity contribution is 0.584. The maximum absolute atomic E-state index is 12.3. The number of hydrogen-bond acceptors (Lipinski definition) is 5. The first kappa shape index (κ1) is 20.9. The number of aromatic nitrogens is 3. The average molecular weight is 437 g/mol. The summed E-state index contributed by atoms with van der Waals surface area (Å²) in [7, 11) is -3.51. The van der Waals surface area contributed by atoms with Crippen LogP contribution in [0.1, 0.15) is 12.5 Å². The number of halogens is 1. The third kappa shape index (κ3) is 4.94. The number of aryl methyl sites for hydroxylation is 1. The van der Waals surface area contributed by atoms with E-state index in [2.05, 4.69) is 14.9 Å². The Morgan fingerprint density at radius 2 is 1.75 bits per heavy atom. The quantitative estimate of drug-likeness (QED) is 0.426. The predicted octanol–water partition coefficient (Wildman–Crippen LogP) is 4.00. The van der Waals surface area contributed by atoms with Gasteiger partial charge >= 0.3 is 0 Å². The highest BCUT2D eigenvalue weighted by Gasteiger charge is 2.15. The van der Waals surface area contributed by atoms with Gasteiger partial charge in [-0.25, -0.2) is 13.1 Å². The van der Waals surface area contributed by atoms with Gasteiger partial charge in [0.15, 0.2) is 11.0 Å². The number of hydrogen-bond donors (Lipinski definition) is 1. The Bertz CT molecular complexity index is 1030. The Balaban J connectivity index is 1.62. The fourth-order valence-electron chi connectivity index (χ4n) is 2.61. The van der Waals surface area contributed by atoms with Crippen LogP contribution in [0.2, 0.25) is 5.02 Å². The molecule has 0 bridgehead atoms. The maximum atomic E-state index is 12.3. The number of thioether (sulfide) groups is 1. The summed E-state index contributed by atoms with van der Waals surface area (Å²) in [5, 5.41) is 9.95. The van der Waals surface area contributed by atoms with Gasteiger partial charge in [0.2, 0.25) is 10.0 Å². The van der Waals surface area contributed by atoms with Crippen molar-refractivity contribution in [2.75, 3.05) is 12.3 Å². The van der Waals surface area contributed by atoms with Gasteiger partial charge in [0.1, 0.15) is 0 Å². The van der Waals surface area contributed by atoms with E-state index in [1.807, 2.05) is 42.7 Å². The van der Waals surface area contributed by atoms with Crippen molar-refractivity contribution in [3.63, 3.8) is 0 Å². The second-order valence-electron chi connectivity index (χ2n) is 6.12. The Kier molecular flexibility index (Phi) is 6.77. The number of nitrogens with one attached hydrogen (secondary N) is 1. The van der Waals surface area contributed by atoms with Crippen LogP contribution in [0.25, 0.3) is 11.4 Å². The molecule has 1 aromatic heterocycles. The zero-order chi connectivity index (χ0) is 20.1. The van der Waals surface area contributed by atoms with Gasteiger partial charge in [0.05, 0.1) is 4.90 Å². The summed E-state index contributed by atoms with van der Waals surface area (Å²) in [5.41, 5.74) is 1.95. The van der Waals surface area contributed by atoms with E-state index < -0.39 is 10.0 Å². The van der Waals surface area contributed by atoms with Crippen molar-refractivity contribution in [1.29, 1.82) is 0 Å². The van der Waals surface area contributed by atoms with Gasteiger partial charge in [-0.05, 0) is 50.2 Å². The summed E-state index contributed by atoms with van der Waals surface area (Å²) < 4.78 is 29.3. The highest BCUT2D eigenvalue weighted by atomic mass is 35.5. The minimum Gasteiger partial charge on any atom is -0.302 e. The van der Waals surface area contributed by atoms with Gasteiger partial charge in [-0.15, -0.1) is 10.2 Å². The number of sulfonamides is 1. The van der Waals surface area contributed by atoms with Crippen molar-refractivity contribution >= 4 is 33.4 Å². The van der Waals surface area contributed by atoms with E-state index in [0.717, 1.165) is 22.1 Å². The first-order valence-corrected chi connectivity index (χ1v) is 11.6. The summed E-state index contributed by atoms with van der Waals surface area (Å²) in [4.78, 5) is 0.268. The molecule has 3 aromatic rings. The van der Waals surface area contributed by atoms with Crippen LogP contribution in [0.4, 0.5) is 0 Å². The molecule has 1 N–H and O–H groups in total. The van der Waals surface area contributed by atoms with Crippen LogP contribution < -0.4 is 4.72 Å². The van der Waals surface area contributed by atoms with Crippen LogP contribution in [0, 0.1) is 6.92 Å². The summed E-state index contributed by atoms with van der Waals surface area (Å²) in [6, 6.07) is 14.2. The van der Waals surface area contributed by atoms with Gasteiger partial charge in [0.25, 0.3) is 0 Å². The van der Waals surface area contributed by atoms with Gasteiger partial charge in [-0.3, -0.25) is 0 Å². The molecule has 148 valence electrons. The zero-order valence-corrected chi connectivity index (χ0v) is 18.0. The average Bonchev–Trinajstić information content (AvgIpc) is 3.09. The van der Waals surface area contributed by atoms with Crippen LogP contribution in [-0.4, -0.2) is 35.5 Å². The molecule has 0 spiro atoms. The molecule has 0 aliphatic rings. The molecule has 6 nitrogen and oxygen atoms in total. The smallest absolute Gasteiger partial charge is 0.240 e. The van der Waals surface area contributed by atoms with E-state index in [-0.39, 0.29) is 4.90 Å². The molecular weight excluding hydrogens is 416 g/mol. The molecule has 2 aromatic carbocycles.